The zero-order chi connectivity index (χ0) is 14.3. The average Bonchev–Trinajstić information content (AvgIpc) is 2.46. The van der Waals surface area contributed by atoms with Crippen molar-refractivity contribution < 1.29 is 9.59 Å². The summed E-state index contributed by atoms with van der Waals surface area (Å²) in [6.45, 7) is 5.55. The molecule has 2 amide bonds. The molecule has 0 bridgehead atoms. The second-order valence-corrected chi connectivity index (χ2v) is 4.18. The fraction of sp³-hybridized carbons (Fsp3) is 0.429. The normalized spacial score (nSPS) is 10.1. The quantitative estimate of drug-likeness (QED) is 0.765. The summed E-state index contributed by atoms with van der Waals surface area (Å²) in [5.74, 6) is -1.05. The number of hydrogen-bond acceptors (Lipinski definition) is 3. The van der Waals surface area contributed by atoms with Crippen LogP contribution in [-0.2, 0) is 22.7 Å². The molecule has 0 aliphatic carbocycles. The standard InChI is InChI=1S/C14H21N3O2/c1-3-17(4-2)14(19)13(18)16-10-12-7-5-6-11(8-12)9-15/h5-8H,3-4,9-10,15H2,1-2H3,(H,16,18). The van der Waals surface area contributed by atoms with Crippen molar-refractivity contribution in [3.05, 3.63) is 35.4 Å². The lowest BCUT2D eigenvalue weighted by Crippen LogP contribution is -2.42. The first-order chi connectivity index (χ1) is 9.12. The Morgan fingerprint density at radius 1 is 1.21 bits per heavy atom. The second-order valence-electron chi connectivity index (χ2n) is 4.18. The second kappa shape index (κ2) is 7.53. The highest BCUT2D eigenvalue weighted by Crippen LogP contribution is 2.04. The Hall–Kier alpha value is -1.88. The summed E-state index contributed by atoms with van der Waals surface area (Å²) in [6, 6.07) is 7.62. The van der Waals surface area contributed by atoms with Gasteiger partial charge in [-0.2, -0.15) is 0 Å². The van der Waals surface area contributed by atoms with Crippen molar-refractivity contribution >= 4 is 11.8 Å². The monoisotopic (exact) mass is 263 g/mol. The van der Waals surface area contributed by atoms with E-state index in [1.807, 2.05) is 38.1 Å². The maximum absolute atomic E-state index is 11.7. The SMILES string of the molecule is CCN(CC)C(=O)C(=O)NCc1cccc(CN)c1. The van der Waals surface area contributed by atoms with Gasteiger partial charge in [0, 0.05) is 26.2 Å². The molecule has 5 nitrogen and oxygen atoms in total. The zero-order valence-corrected chi connectivity index (χ0v) is 11.5. The topological polar surface area (TPSA) is 75.4 Å². The molecule has 0 aromatic heterocycles. The summed E-state index contributed by atoms with van der Waals surface area (Å²) in [6.07, 6.45) is 0. The van der Waals surface area contributed by atoms with Crippen LogP contribution in [0.25, 0.3) is 0 Å². The van der Waals surface area contributed by atoms with E-state index < -0.39 is 11.8 Å². The first-order valence-corrected chi connectivity index (χ1v) is 6.47. The molecule has 0 fully saturated rings. The van der Waals surface area contributed by atoms with E-state index in [1.54, 1.807) is 0 Å². The van der Waals surface area contributed by atoms with Gasteiger partial charge >= 0.3 is 11.8 Å². The van der Waals surface area contributed by atoms with E-state index in [4.69, 9.17) is 5.73 Å². The van der Waals surface area contributed by atoms with Crippen LogP contribution in [0.15, 0.2) is 24.3 Å². The van der Waals surface area contributed by atoms with Crippen molar-refractivity contribution in [2.75, 3.05) is 13.1 Å². The zero-order valence-electron chi connectivity index (χ0n) is 11.5. The minimum absolute atomic E-state index is 0.333. The number of carbonyl (C=O) groups is 2. The molecule has 1 aromatic rings. The fourth-order valence-corrected chi connectivity index (χ4v) is 1.78. The third-order valence-corrected chi connectivity index (χ3v) is 2.93. The van der Waals surface area contributed by atoms with Crippen molar-refractivity contribution in [3.63, 3.8) is 0 Å². The van der Waals surface area contributed by atoms with Crippen LogP contribution < -0.4 is 11.1 Å². The predicted octanol–water partition coefficient (Wildman–Crippen LogP) is 0.630. The van der Waals surface area contributed by atoms with E-state index in [-0.39, 0.29) is 0 Å². The summed E-state index contributed by atoms with van der Waals surface area (Å²) in [7, 11) is 0. The third kappa shape index (κ3) is 4.37. The van der Waals surface area contributed by atoms with Gasteiger partial charge in [-0.05, 0) is 25.0 Å². The number of nitrogens with two attached hydrogens (primary N) is 1. The number of nitrogens with zero attached hydrogens (tertiary/aromatic N) is 1. The predicted molar refractivity (Wildman–Crippen MR) is 74.1 cm³/mol. The van der Waals surface area contributed by atoms with Gasteiger partial charge in [0.1, 0.15) is 0 Å². The highest BCUT2D eigenvalue weighted by Gasteiger charge is 2.18. The molecular formula is C14H21N3O2. The number of hydrogen-bond donors (Lipinski definition) is 2. The molecule has 3 N–H and O–H groups in total. The van der Waals surface area contributed by atoms with Gasteiger partial charge in [-0.3, -0.25) is 9.59 Å². The molecule has 0 unspecified atom stereocenters. The minimum atomic E-state index is -0.568. The molecule has 0 saturated heterocycles. The van der Waals surface area contributed by atoms with Gasteiger partial charge in [0.2, 0.25) is 0 Å². The molecule has 104 valence electrons. The molecule has 0 spiro atoms. The summed E-state index contributed by atoms with van der Waals surface area (Å²) < 4.78 is 0. The largest absolute Gasteiger partial charge is 0.344 e. The van der Waals surface area contributed by atoms with Crippen LogP contribution in [0.5, 0.6) is 0 Å². The molecule has 0 heterocycles. The number of likely N-dealkylation sites (N-methyl/N-ethyl adjacent to an activating group) is 1. The van der Waals surface area contributed by atoms with Crippen LogP contribution in [-0.4, -0.2) is 29.8 Å². The van der Waals surface area contributed by atoms with Gasteiger partial charge in [-0.1, -0.05) is 24.3 Å². The van der Waals surface area contributed by atoms with Crippen LogP contribution >= 0.6 is 0 Å². The maximum atomic E-state index is 11.7. The molecule has 1 aromatic carbocycles. The molecule has 0 saturated carbocycles. The van der Waals surface area contributed by atoms with Crippen LogP contribution in [0.2, 0.25) is 0 Å². The fourth-order valence-electron chi connectivity index (χ4n) is 1.78. The van der Waals surface area contributed by atoms with Gasteiger partial charge in [0.25, 0.3) is 0 Å². The highest BCUT2D eigenvalue weighted by molar-refractivity contribution is 6.34. The van der Waals surface area contributed by atoms with Crippen LogP contribution in [0, 0.1) is 0 Å². The van der Waals surface area contributed by atoms with Crippen molar-refractivity contribution in [1.29, 1.82) is 0 Å². The Kier molecular flexibility index (Phi) is 6.02. The summed E-state index contributed by atoms with van der Waals surface area (Å²) in [4.78, 5) is 24.9. The van der Waals surface area contributed by atoms with Crippen molar-refractivity contribution in [2.24, 2.45) is 5.73 Å². The van der Waals surface area contributed by atoms with E-state index >= 15 is 0 Å². The molecular weight excluding hydrogens is 242 g/mol. The van der Waals surface area contributed by atoms with E-state index in [0.717, 1.165) is 11.1 Å². The van der Waals surface area contributed by atoms with Gasteiger partial charge in [-0.25, -0.2) is 0 Å². The first kappa shape index (κ1) is 15.2. The Bertz CT molecular complexity index is 442. The van der Waals surface area contributed by atoms with Crippen LogP contribution in [0.3, 0.4) is 0 Å². The van der Waals surface area contributed by atoms with E-state index in [2.05, 4.69) is 5.32 Å². The van der Waals surface area contributed by atoms with Crippen molar-refractivity contribution in [3.8, 4) is 0 Å². The highest BCUT2D eigenvalue weighted by atomic mass is 16.2. The Balaban J connectivity index is 2.56. The Morgan fingerprint density at radius 2 is 1.84 bits per heavy atom. The van der Waals surface area contributed by atoms with Gasteiger partial charge in [0.05, 0.1) is 0 Å². The molecule has 0 atom stereocenters. The minimum Gasteiger partial charge on any atom is -0.344 e. The molecule has 0 aliphatic heterocycles. The summed E-state index contributed by atoms with van der Waals surface area (Å²) in [5, 5.41) is 2.63. The third-order valence-electron chi connectivity index (χ3n) is 2.93. The van der Waals surface area contributed by atoms with E-state index in [1.165, 1.54) is 4.90 Å². The number of carbonyl (C=O) groups excluding carboxylic acids is 2. The van der Waals surface area contributed by atoms with Crippen LogP contribution in [0.1, 0.15) is 25.0 Å². The number of benzene rings is 1. The summed E-state index contributed by atoms with van der Waals surface area (Å²) in [5.41, 5.74) is 7.49. The Morgan fingerprint density at radius 3 is 2.42 bits per heavy atom. The number of nitrogens with one attached hydrogen (secondary N) is 1. The van der Waals surface area contributed by atoms with Crippen LogP contribution in [0.4, 0.5) is 0 Å². The number of rotatable bonds is 5. The average molecular weight is 263 g/mol. The Labute approximate surface area is 113 Å². The first-order valence-electron chi connectivity index (χ1n) is 6.47. The van der Waals surface area contributed by atoms with Gasteiger partial charge in [-0.15, -0.1) is 0 Å². The molecule has 0 radical (unpaired) electrons. The lowest BCUT2D eigenvalue weighted by atomic mass is 10.1. The van der Waals surface area contributed by atoms with E-state index in [9.17, 15) is 9.59 Å². The smallest absolute Gasteiger partial charge is 0.311 e. The number of amides is 2. The van der Waals surface area contributed by atoms with Crippen molar-refractivity contribution in [1.82, 2.24) is 10.2 Å². The summed E-state index contributed by atoms with van der Waals surface area (Å²) >= 11 is 0. The van der Waals surface area contributed by atoms with Gasteiger partial charge < -0.3 is 16.0 Å². The van der Waals surface area contributed by atoms with E-state index in [0.29, 0.717) is 26.2 Å². The lowest BCUT2D eigenvalue weighted by molar-refractivity contribution is -0.145. The van der Waals surface area contributed by atoms with Gasteiger partial charge in [0.15, 0.2) is 0 Å². The maximum Gasteiger partial charge on any atom is 0.311 e. The lowest BCUT2D eigenvalue weighted by Gasteiger charge is -2.17. The molecule has 1 rings (SSSR count). The van der Waals surface area contributed by atoms with Crippen molar-refractivity contribution in [2.45, 2.75) is 26.9 Å². The molecule has 19 heavy (non-hydrogen) atoms. The molecule has 0 aliphatic rings. The molecule has 5 heteroatoms.